The summed E-state index contributed by atoms with van der Waals surface area (Å²) in [5, 5.41) is 12.1. The summed E-state index contributed by atoms with van der Waals surface area (Å²) in [6.07, 6.45) is 4.84. The van der Waals surface area contributed by atoms with Gasteiger partial charge in [-0.15, -0.1) is 0 Å². The summed E-state index contributed by atoms with van der Waals surface area (Å²) in [6.45, 7) is 0. The van der Waals surface area contributed by atoms with Crippen molar-refractivity contribution in [2.75, 3.05) is 0 Å². The van der Waals surface area contributed by atoms with Crippen molar-refractivity contribution in [2.24, 2.45) is 0 Å². The molecule has 10 heteroatoms. The molecule has 134 valence electrons. The standard InChI is InChI=1S/C16H15ClN6O2S/c17-10-4-6-12(7-5-10)26(24,25)23-11-2-1-3-14(23)13-9-18-16-19-20-21-22(16)15(13)8-11/h4-7,9,11,14H,1-3,8H2. The van der Waals surface area contributed by atoms with Crippen molar-refractivity contribution < 1.29 is 8.42 Å². The van der Waals surface area contributed by atoms with E-state index >= 15 is 0 Å². The van der Waals surface area contributed by atoms with Crippen LogP contribution in [0.5, 0.6) is 0 Å². The maximum Gasteiger partial charge on any atom is 0.273 e. The highest BCUT2D eigenvalue weighted by Gasteiger charge is 2.45. The van der Waals surface area contributed by atoms with Crippen molar-refractivity contribution in [3.05, 3.63) is 46.7 Å². The summed E-state index contributed by atoms with van der Waals surface area (Å²) < 4.78 is 30.0. The molecule has 0 radical (unpaired) electrons. The van der Waals surface area contributed by atoms with Crippen LogP contribution in [0.1, 0.15) is 36.6 Å². The lowest BCUT2D eigenvalue weighted by Crippen LogP contribution is -2.50. The van der Waals surface area contributed by atoms with Gasteiger partial charge in [-0.25, -0.2) is 13.4 Å². The van der Waals surface area contributed by atoms with Gasteiger partial charge in [-0.1, -0.05) is 16.7 Å². The van der Waals surface area contributed by atoms with Gasteiger partial charge in [0.2, 0.25) is 10.0 Å². The van der Waals surface area contributed by atoms with Crippen LogP contribution in [0, 0.1) is 0 Å². The third-order valence-electron chi connectivity index (χ3n) is 5.22. The Morgan fingerprint density at radius 1 is 1.15 bits per heavy atom. The number of piperidine rings is 1. The van der Waals surface area contributed by atoms with E-state index in [1.165, 1.54) is 0 Å². The Morgan fingerprint density at radius 2 is 1.96 bits per heavy atom. The Hall–Kier alpha value is -2.10. The molecule has 4 heterocycles. The van der Waals surface area contributed by atoms with Crippen LogP contribution in [0.15, 0.2) is 35.4 Å². The highest BCUT2D eigenvalue weighted by Crippen LogP contribution is 2.44. The Balaban J connectivity index is 1.65. The summed E-state index contributed by atoms with van der Waals surface area (Å²) in [6, 6.07) is 5.97. The Morgan fingerprint density at radius 3 is 2.77 bits per heavy atom. The van der Waals surface area contributed by atoms with E-state index < -0.39 is 10.0 Å². The monoisotopic (exact) mass is 390 g/mol. The maximum absolute atomic E-state index is 13.4. The first-order valence-corrected chi connectivity index (χ1v) is 10.2. The molecule has 2 bridgehead atoms. The molecule has 0 aliphatic carbocycles. The van der Waals surface area contributed by atoms with Crippen LogP contribution in [0.2, 0.25) is 5.02 Å². The zero-order valence-corrected chi connectivity index (χ0v) is 15.2. The average molecular weight is 391 g/mol. The molecule has 0 spiro atoms. The minimum atomic E-state index is -3.63. The molecule has 0 saturated carbocycles. The normalized spacial score (nSPS) is 23.1. The third-order valence-corrected chi connectivity index (χ3v) is 7.45. The lowest BCUT2D eigenvalue weighted by Gasteiger charge is -2.45. The van der Waals surface area contributed by atoms with Crippen molar-refractivity contribution >= 4 is 27.4 Å². The van der Waals surface area contributed by atoms with Crippen LogP contribution < -0.4 is 0 Å². The largest absolute Gasteiger partial charge is 0.273 e. The minimum Gasteiger partial charge on any atom is -0.218 e. The summed E-state index contributed by atoms with van der Waals surface area (Å²) >= 11 is 5.92. The van der Waals surface area contributed by atoms with Gasteiger partial charge < -0.3 is 0 Å². The zero-order chi connectivity index (χ0) is 17.9. The van der Waals surface area contributed by atoms with Gasteiger partial charge in [0.15, 0.2) is 0 Å². The third kappa shape index (κ3) is 2.27. The van der Waals surface area contributed by atoms with E-state index in [0.717, 1.165) is 30.5 Å². The molecule has 1 fully saturated rings. The molecular formula is C16H15ClN6O2S. The topological polar surface area (TPSA) is 93.4 Å². The van der Waals surface area contributed by atoms with E-state index in [-0.39, 0.29) is 17.0 Å². The summed E-state index contributed by atoms with van der Waals surface area (Å²) in [4.78, 5) is 4.55. The average Bonchev–Trinajstić information content (AvgIpc) is 3.11. The van der Waals surface area contributed by atoms with Crippen LogP contribution in [-0.2, 0) is 16.4 Å². The van der Waals surface area contributed by atoms with Gasteiger partial charge in [-0.2, -0.15) is 8.82 Å². The number of sulfonamides is 1. The number of halogens is 1. The molecule has 5 rings (SSSR count). The summed E-state index contributed by atoms with van der Waals surface area (Å²) in [7, 11) is -3.63. The fourth-order valence-corrected chi connectivity index (χ4v) is 6.08. The molecule has 0 amide bonds. The lowest BCUT2D eigenvalue weighted by molar-refractivity contribution is 0.159. The predicted octanol–water partition coefficient (Wildman–Crippen LogP) is 2.01. The lowest BCUT2D eigenvalue weighted by atomic mass is 9.85. The maximum atomic E-state index is 13.4. The first-order chi connectivity index (χ1) is 12.6. The quantitative estimate of drug-likeness (QED) is 0.664. The number of hydrogen-bond acceptors (Lipinski definition) is 6. The van der Waals surface area contributed by atoms with Crippen LogP contribution in [0.3, 0.4) is 0 Å². The molecule has 2 aliphatic rings. The molecule has 26 heavy (non-hydrogen) atoms. The van der Waals surface area contributed by atoms with Crippen LogP contribution in [-0.4, -0.2) is 43.8 Å². The molecule has 1 aromatic carbocycles. The van der Waals surface area contributed by atoms with Crippen LogP contribution in [0.4, 0.5) is 0 Å². The van der Waals surface area contributed by atoms with Crippen molar-refractivity contribution in [3.63, 3.8) is 0 Å². The number of hydrogen-bond donors (Lipinski definition) is 0. The van der Waals surface area contributed by atoms with Gasteiger partial charge >= 0.3 is 0 Å². The fourth-order valence-electron chi connectivity index (χ4n) is 4.10. The van der Waals surface area contributed by atoms with Gasteiger partial charge in [0, 0.05) is 29.2 Å². The Labute approximate surface area is 154 Å². The van der Waals surface area contributed by atoms with E-state index in [0.29, 0.717) is 17.2 Å². The van der Waals surface area contributed by atoms with Crippen LogP contribution >= 0.6 is 11.6 Å². The predicted molar refractivity (Wildman–Crippen MR) is 93.1 cm³/mol. The summed E-state index contributed by atoms with van der Waals surface area (Å²) in [5.74, 6) is 0.441. The molecule has 8 nitrogen and oxygen atoms in total. The minimum absolute atomic E-state index is 0.114. The Bertz CT molecular complexity index is 1100. The molecule has 3 aromatic rings. The highest BCUT2D eigenvalue weighted by atomic mass is 35.5. The molecule has 2 unspecified atom stereocenters. The molecular weight excluding hydrogens is 376 g/mol. The highest BCUT2D eigenvalue weighted by molar-refractivity contribution is 7.89. The summed E-state index contributed by atoms with van der Waals surface area (Å²) in [5.41, 5.74) is 1.84. The van der Waals surface area contributed by atoms with E-state index in [1.807, 2.05) is 0 Å². The number of aromatic nitrogens is 5. The second kappa shape index (κ2) is 5.70. The van der Waals surface area contributed by atoms with Crippen molar-refractivity contribution in [1.29, 1.82) is 0 Å². The molecule has 1 saturated heterocycles. The molecule has 2 aromatic heterocycles. The number of fused-ring (bicyclic) bond motifs is 6. The van der Waals surface area contributed by atoms with Crippen molar-refractivity contribution in [2.45, 2.75) is 42.7 Å². The second-order valence-electron chi connectivity index (χ2n) is 6.64. The van der Waals surface area contributed by atoms with Gasteiger partial charge in [0.1, 0.15) is 0 Å². The second-order valence-corrected chi connectivity index (χ2v) is 8.92. The first kappa shape index (κ1) is 16.1. The number of nitrogens with zero attached hydrogens (tertiary/aromatic N) is 6. The van der Waals surface area contributed by atoms with E-state index in [1.54, 1.807) is 39.3 Å². The van der Waals surface area contributed by atoms with Gasteiger partial charge in [-0.3, -0.25) is 0 Å². The number of rotatable bonds is 2. The van der Waals surface area contributed by atoms with Crippen molar-refractivity contribution in [3.8, 4) is 0 Å². The van der Waals surface area contributed by atoms with Crippen molar-refractivity contribution in [1.82, 2.24) is 29.3 Å². The first-order valence-electron chi connectivity index (χ1n) is 8.41. The van der Waals surface area contributed by atoms with Gasteiger partial charge in [0.05, 0.1) is 16.6 Å². The van der Waals surface area contributed by atoms with E-state index in [2.05, 4.69) is 20.5 Å². The smallest absolute Gasteiger partial charge is 0.218 e. The van der Waals surface area contributed by atoms with Gasteiger partial charge in [0.25, 0.3) is 5.78 Å². The van der Waals surface area contributed by atoms with E-state index in [9.17, 15) is 8.42 Å². The molecule has 0 N–H and O–H groups in total. The molecule has 2 aliphatic heterocycles. The fraction of sp³-hybridized carbons (Fsp3) is 0.375. The van der Waals surface area contributed by atoms with Gasteiger partial charge in [-0.05, 0) is 54.0 Å². The SMILES string of the molecule is O=S(=O)(c1ccc(Cl)cc1)N1C2CCCC1c1cnc3nnnn3c1C2. The number of benzene rings is 1. The van der Waals surface area contributed by atoms with E-state index in [4.69, 9.17) is 11.6 Å². The zero-order valence-electron chi connectivity index (χ0n) is 13.7. The Kier molecular flexibility index (Phi) is 3.53. The molecule has 2 atom stereocenters. The number of tetrazole rings is 1. The van der Waals surface area contributed by atoms with Crippen LogP contribution in [0.25, 0.3) is 5.78 Å².